The van der Waals surface area contributed by atoms with Gasteiger partial charge in [0.05, 0.1) is 19.3 Å². The van der Waals surface area contributed by atoms with Gasteiger partial charge in [-0.05, 0) is 46.7 Å². The van der Waals surface area contributed by atoms with Crippen LogP contribution in [0.15, 0.2) is 0 Å². The number of ether oxygens (including phenoxy) is 1. The van der Waals surface area contributed by atoms with Gasteiger partial charge in [0.2, 0.25) is 0 Å². The SMILES string of the molecule is CCC1COC(C)CN1CCCCC(C)(CO)NC. The Morgan fingerprint density at radius 1 is 1.42 bits per heavy atom. The van der Waals surface area contributed by atoms with Crippen LogP contribution in [0.4, 0.5) is 0 Å². The average molecular weight is 272 g/mol. The highest BCUT2D eigenvalue weighted by Gasteiger charge is 2.25. The zero-order valence-corrected chi connectivity index (χ0v) is 13.1. The van der Waals surface area contributed by atoms with E-state index >= 15 is 0 Å². The lowest BCUT2D eigenvalue weighted by Gasteiger charge is -2.38. The molecule has 3 atom stereocenters. The lowest BCUT2D eigenvalue weighted by molar-refractivity contribution is -0.0562. The van der Waals surface area contributed by atoms with Crippen LogP contribution in [0.5, 0.6) is 0 Å². The first-order valence-corrected chi connectivity index (χ1v) is 7.70. The largest absolute Gasteiger partial charge is 0.394 e. The number of hydrogen-bond donors (Lipinski definition) is 2. The van der Waals surface area contributed by atoms with Crippen LogP contribution < -0.4 is 5.32 Å². The molecule has 4 nitrogen and oxygen atoms in total. The second kappa shape index (κ2) is 8.20. The van der Waals surface area contributed by atoms with Gasteiger partial charge in [0.1, 0.15) is 0 Å². The number of likely N-dealkylation sites (N-methyl/N-ethyl adjacent to an activating group) is 1. The van der Waals surface area contributed by atoms with Gasteiger partial charge >= 0.3 is 0 Å². The summed E-state index contributed by atoms with van der Waals surface area (Å²) in [6.45, 7) is 9.76. The van der Waals surface area contributed by atoms with E-state index in [2.05, 4.69) is 31.0 Å². The number of aliphatic hydroxyl groups is 1. The number of rotatable bonds is 8. The maximum atomic E-state index is 9.36. The molecule has 19 heavy (non-hydrogen) atoms. The van der Waals surface area contributed by atoms with Crippen LogP contribution in [0.2, 0.25) is 0 Å². The highest BCUT2D eigenvalue weighted by molar-refractivity contribution is 4.81. The fourth-order valence-corrected chi connectivity index (χ4v) is 2.68. The molecule has 114 valence electrons. The van der Waals surface area contributed by atoms with Gasteiger partial charge in [-0.3, -0.25) is 4.90 Å². The quantitative estimate of drug-likeness (QED) is 0.659. The van der Waals surface area contributed by atoms with Gasteiger partial charge in [0, 0.05) is 18.1 Å². The van der Waals surface area contributed by atoms with Crippen molar-refractivity contribution in [3.05, 3.63) is 0 Å². The van der Waals surface area contributed by atoms with E-state index in [4.69, 9.17) is 4.74 Å². The first-order chi connectivity index (χ1) is 9.04. The maximum Gasteiger partial charge on any atom is 0.0674 e. The minimum Gasteiger partial charge on any atom is -0.394 e. The van der Waals surface area contributed by atoms with E-state index in [1.54, 1.807) is 0 Å². The standard InChI is InChI=1S/C15H32N2O2/c1-5-14-11-19-13(2)10-17(14)9-7-6-8-15(3,12-18)16-4/h13-14,16,18H,5-12H2,1-4H3. The Balaban J connectivity index is 2.27. The third-order valence-electron chi connectivity index (χ3n) is 4.43. The van der Waals surface area contributed by atoms with Gasteiger partial charge in [-0.15, -0.1) is 0 Å². The van der Waals surface area contributed by atoms with Gasteiger partial charge in [-0.2, -0.15) is 0 Å². The summed E-state index contributed by atoms with van der Waals surface area (Å²) in [5, 5.41) is 12.6. The molecule has 1 aliphatic rings. The molecule has 4 heteroatoms. The van der Waals surface area contributed by atoms with Crippen LogP contribution in [-0.4, -0.2) is 61.0 Å². The fourth-order valence-electron chi connectivity index (χ4n) is 2.68. The minimum atomic E-state index is -0.123. The molecule has 1 saturated heterocycles. The summed E-state index contributed by atoms with van der Waals surface area (Å²) < 4.78 is 5.72. The molecule has 1 aliphatic heterocycles. The van der Waals surface area contributed by atoms with Gasteiger partial charge in [0.15, 0.2) is 0 Å². The highest BCUT2D eigenvalue weighted by Crippen LogP contribution is 2.17. The molecule has 3 unspecified atom stereocenters. The Labute approximate surface area is 118 Å². The number of unbranched alkanes of at least 4 members (excludes halogenated alkanes) is 1. The van der Waals surface area contributed by atoms with E-state index in [1.165, 1.54) is 6.42 Å². The number of hydrogen-bond acceptors (Lipinski definition) is 4. The highest BCUT2D eigenvalue weighted by atomic mass is 16.5. The molecule has 0 aromatic carbocycles. The summed E-state index contributed by atoms with van der Waals surface area (Å²) in [7, 11) is 1.92. The molecule has 0 radical (unpaired) electrons. The van der Waals surface area contributed by atoms with Crippen LogP contribution >= 0.6 is 0 Å². The Morgan fingerprint density at radius 2 is 2.16 bits per heavy atom. The Bertz CT molecular complexity index is 244. The molecule has 0 amide bonds. The summed E-state index contributed by atoms with van der Waals surface area (Å²) in [6.07, 6.45) is 4.90. The molecular weight excluding hydrogens is 240 g/mol. The second-order valence-electron chi connectivity index (χ2n) is 6.13. The predicted molar refractivity (Wildman–Crippen MR) is 79.5 cm³/mol. The van der Waals surface area contributed by atoms with Gasteiger partial charge in [-0.25, -0.2) is 0 Å². The van der Waals surface area contributed by atoms with Crippen LogP contribution in [0.25, 0.3) is 0 Å². The number of nitrogens with zero attached hydrogens (tertiary/aromatic N) is 1. The van der Waals surface area contributed by atoms with Crippen LogP contribution in [0.1, 0.15) is 46.5 Å². The summed E-state index contributed by atoms with van der Waals surface area (Å²) in [5.74, 6) is 0. The summed E-state index contributed by atoms with van der Waals surface area (Å²) >= 11 is 0. The minimum absolute atomic E-state index is 0.123. The Morgan fingerprint density at radius 3 is 2.74 bits per heavy atom. The fraction of sp³-hybridized carbons (Fsp3) is 1.00. The maximum absolute atomic E-state index is 9.36. The van der Waals surface area contributed by atoms with Gasteiger partial charge in [-0.1, -0.05) is 13.3 Å². The molecule has 0 saturated carbocycles. The van der Waals surface area contributed by atoms with Gasteiger partial charge < -0.3 is 15.2 Å². The summed E-state index contributed by atoms with van der Waals surface area (Å²) in [5.41, 5.74) is -0.123. The van der Waals surface area contributed by atoms with E-state index < -0.39 is 0 Å². The van der Waals surface area contributed by atoms with Crippen molar-refractivity contribution in [2.45, 2.75) is 64.1 Å². The first-order valence-electron chi connectivity index (χ1n) is 7.70. The van der Waals surface area contributed by atoms with Crippen molar-refractivity contribution in [1.82, 2.24) is 10.2 Å². The Hall–Kier alpha value is -0.160. The van der Waals surface area contributed by atoms with E-state index in [9.17, 15) is 5.11 Å². The molecule has 1 heterocycles. The lowest BCUT2D eigenvalue weighted by Crippen LogP contribution is -2.49. The molecule has 0 aromatic heterocycles. The Kier molecular flexibility index (Phi) is 7.29. The molecule has 1 fully saturated rings. The zero-order chi connectivity index (χ0) is 14.3. The molecule has 0 spiro atoms. The molecule has 0 aromatic rings. The zero-order valence-electron chi connectivity index (χ0n) is 13.1. The molecular formula is C15H32N2O2. The number of aliphatic hydroxyl groups excluding tert-OH is 1. The van der Waals surface area contributed by atoms with E-state index in [-0.39, 0.29) is 12.1 Å². The van der Waals surface area contributed by atoms with Crippen molar-refractivity contribution in [1.29, 1.82) is 0 Å². The monoisotopic (exact) mass is 272 g/mol. The molecule has 2 N–H and O–H groups in total. The van der Waals surface area contributed by atoms with Crippen molar-refractivity contribution in [3.8, 4) is 0 Å². The first kappa shape index (κ1) is 16.9. The predicted octanol–water partition coefficient (Wildman–Crippen LogP) is 1.63. The van der Waals surface area contributed by atoms with Crippen LogP contribution in [0.3, 0.4) is 0 Å². The van der Waals surface area contributed by atoms with Crippen LogP contribution in [0, 0.1) is 0 Å². The molecule has 1 rings (SSSR count). The number of nitrogens with one attached hydrogen (secondary N) is 1. The van der Waals surface area contributed by atoms with Crippen molar-refractivity contribution in [3.63, 3.8) is 0 Å². The number of morpholine rings is 1. The molecule has 0 aliphatic carbocycles. The lowest BCUT2D eigenvalue weighted by atomic mass is 9.96. The van der Waals surface area contributed by atoms with Crippen molar-refractivity contribution in [2.24, 2.45) is 0 Å². The molecule has 0 bridgehead atoms. The van der Waals surface area contributed by atoms with Crippen molar-refractivity contribution >= 4 is 0 Å². The van der Waals surface area contributed by atoms with Gasteiger partial charge in [0.25, 0.3) is 0 Å². The summed E-state index contributed by atoms with van der Waals surface area (Å²) in [4.78, 5) is 2.57. The second-order valence-corrected chi connectivity index (χ2v) is 6.13. The van der Waals surface area contributed by atoms with Crippen molar-refractivity contribution < 1.29 is 9.84 Å². The topological polar surface area (TPSA) is 44.7 Å². The third kappa shape index (κ3) is 5.38. The van der Waals surface area contributed by atoms with E-state index in [0.29, 0.717) is 12.1 Å². The average Bonchev–Trinajstić information content (AvgIpc) is 2.43. The third-order valence-corrected chi connectivity index (χ3v) is 4.43. The summed E-state index contributed by atoms with van der Waals surface area (Å²) in [6, 6.07) is 0.588. The normalized spacial score (nSPS) is 28.3. The smallest absolute Gasteiger partial charge is 0.0674 e. The van der Waals surface area contributed by atoms with E-state index in [1.807, 2.05) is 7.05 Å². The van der Waals surface area contributed by atoms with Crippen molar-refractivity contribution in [2.75, 3.05) is 33.4 Å². The van der Waals surface area contributed by atoms with Crippen LogP contribution in [-0.2, 0) is 4.74 Å². The van der Waals surface area contributed by atoms with E-state index in [0.717, 1.165) is 39.0 Å².